The highest BCUT2D eigenvalue weighted by Crippen LogP contribution is 2.36. The maximum Gasteiger partial charge on any atom is 0.144 e. The van der Waals surface area contributed by atoms with E-state index in [4.69, 9.17) is 9.84 Å². The summed E-state index contributed by atoms with van der Waals surface area (Å²) in [6.07, 6.45) is 0.992. The van der Waals surface area contributed by atoms with Crippen LogP contribution in [0.4, 0.5) is 5.82 Å². The number of rotatable bonds is 3. The van der Waals surface area contributed by atoms with E-state index in [0.29, 0.717) is 0 Å². The van der Waals surface area contributed by atoms with E-state index in [2.05, 4.69) is 52.2 Å². The molecule has 1 aliphatic heterocycles. The van der Waals surface area contributed by atoms with Gasteiger partial charge in [0.1, 0.15) is 17.3 Å². The first kappa shape index (κ1) is 14.6. The maximum atomic E-state index is 5.50. The van der Waals surface area contributed by atoms with Gasteiger partial charge in [0.25, 0.3) is 0 Å². The molecule has 3 aromatic rings. The second-order valence-corrected chi connectivity index (χ2v) is 6.69. The Morgan fingerprint density at radius 2 is 1.91 bits per heavy atom. The average Bonchev–Trinajstić information content (AvgIpc) is 3.18. The monoisotopic (exact) mass is 417 g/mol. The lowest BCUT2D eigenvalue weighted by Crippen LogP contribution is -2.05. The number of ether oxygens (including phenoxy) is 1. The molecule has 23 heavy (non-hydrogen) atoms. The minimum absolute atomic E-state index is 0.820. The van der Waals surface area contributed by atoms with Crippen molar-refractivity contribution in [2.24, 2.45) is 0 Å². The molecule has 1 aliphatic rings. The Hall–Kier alpha value is -2.02. The summed E-state index contributed by atoms with van der Waals surface area (Å²) in [6.45, 7) is 0.944. The van der Waals surface area contributed by atoms with Crippen LogP contribution in [0.25, 0.3) is 16.9 Å². The summed E-state index contributed by atoms with van der Waals surface area (Å²) >= 11 is 2.32. The van der Waals surface area contributed by atoms with Gasteiger partial charge < -0.3 is 10.1 Å². The van der Waals surface area contributed by atoms with E-state index >= 15 is 0 Å². The Labute approximate surface area is 148 Å². The first-order valence-electron chi connectivity index (χ1n) is 7.53. The van der Waals surface area contributed by atoms with Crippen LogP contribution in [0.1, 0.15) is 5.56 Å². The molecule has 4 rings (SSSR count). The molecular weight excluding hydrogens is 401 g/mol. The third kappa shape index (κ3) is 2.49. The summed E-state index contributed by atoms with van der Waals surface area (Å²) in [7, 11) is 1.69. The fraction of sp³-hybridized carbons (Fsp3) is 0.167. The standard InChI is InChI=1S/C18H16IN3O/c1-23-16-5-3-2-4-15(16)22-18-14(10-11-20-18)17(21-22)12-6-8-13(19)9-7-12/h2-9,20H,10-11H2,1H3. The molecule has 0 bridgehead atoms. The molecule has 0 saturated heterocycles. The van der Waals surface area contributed by atoms with E-state index in [0.717, 1.165) is 41.5 Å². The van der Waals surface area contributed by atoms with Gasteiger partial charge in [-0.3, -0.25) is 0 Å². The van der Waals surface area contributed by atoms with Crippen molar-refractivity contribution in [2.75, 3.05) is 19.0 Å². The van der Waals surface area contributed by atoms with E-state index in [1.54, 1.807) is 7.11 Å². The zero-order chi connectivity index (χ0) is 15.8. The lowest BCUT2D eigenvalue weighted by atomic mass is 10.1. The van der Waals surface area contributed by atoms with E-state index in [9.17, 15) is 0 Å². The van der Waals surface area contributed by atoms with Crippen molar-refractivity contribution >= 4 is 28.4 Å². The molecule has 0 fully saturated rings. The van der Waals surface area contributed by atoms with Gasteiger partial charge in [-0.05, 0) is 53.3 Å². The van der Waals surface area contributed by atoms with Crippen LogP contribution in [-0.4, -0.2) is 23.4 Å². The van der Waals surface area contributed by atoms with Gasteiger partial charge in [-0.25, -0.2) is 4.68 Å². The van der Waals surface area contributed by atoms with Gasteiger partial charge in [0.15, 0.2) is 0 Å². The number of halogens is 1. The molecule has 0 atom stereocenters. The van der Waals surface area contributed by atoms with Gasteiger partial charge in [0.2, 0.25) is 0 Å². The van der Waals surface area contributed by atoms with Gasteiger partial charge >= 0.3 is 0 Å². The summed E-state index contributed by atoms with van der Waals surface area (Å²) in [6, 6.07) is 16.5. The summed E-state index contributed by atoms with van der Waals surface area (Å²) in [5, 5.41) is 8.35. The summed E-state index contributed by atoms with van der Waals surface area (Å²) < 4.78 is 8.69. The fourth-order valence-electron chi connectivity index (χ4n) is 2.99. The molecule has 0 spiro atoms. The molecule has 0 unspecified atom stereocenters. The molecule has 0 aliphatic carbocycles. The number of hydrogen-bond donors (Lipinski definition) is 1. The van der Waals surface area contributed by atoms with Crippen LogP contribution in [-0.2, 0) is 6.42 Å². The van der Waals surface area contributed by atoms with Crippen LogP contribution >= 0.6 is 22.6 Å². The largest absolute Gasteiger partial charge is 0.494 e. The van der Waals surface area contributed by atoms with E-state index in [1.165, 1.54) is 9.13 Å². The van der Waals surface area contributed by atoms with Crippen molar-refractivity contribution < 1.29 is 4.74 Å². The van der Waals surface area contributed by atoms with E-state index < -0.39 is 0 Å². The number of methoxy groups -OCH3 is 1. The highest BCUT2D eigenvalue weighted by atomic mass is 127. The second-order valence-electron chi connectivity index (χ2n) is 5.44. The third-order valence-corrected chi connectivity index (χ3v) is 4.80. The lowest BCUT2D eigenvalue weighted by Gasteiger charge is -2.10. The van der Waals surface area contributed by atoms with Crippen LogP contribution in [0.3, 0.4) is 0 Å². The Kier molecular flexibility index (Phi) is 3.72. The molecule has 5 heteroatoms. The van der Waals surface area contributed by atoms with Crippen molar-refractivity contribution in [2.45, 2.75) is 6.42 Å². The van der Waals surface area contributed by atoms with Crippen molar-refractivity contribution in [3.8, 4) is 22.7 Å². The SMILES string of the molecule is COc1ccccc1-n1nc(-c2ccc(I)cc2)c2c1NCC2. The topological polar surface area (TPSA) is 39.1 Å². The number of nitrogens with zero attached hydrogens (tertiary/aromatic N) is 2. The summed E-state index contributed by atoms with van der Waals surface area (Å²) in [4.78, 5) is 0. The molecule has 0 amide bonds. The average molecular weight is 417 g/mol. The molecule has 2 aromatic carbocycles. The predicted octanol–water partition coefficient (Wildman–Crippen LogP) is 4.12. The Bertz CT molecular complexity index is 855. The maximum absolute atomic E-state index is 5.50. The normalized spacial score (nSPS) is 12.8. The third-order valence-electron chi connectivity index (χ3n) is 4.08. The summed E-state index contributed by atoms with van der Waals surface area (Å²) in [5.74, 6) is 1.89. The van der Waals surface area contributed by atoms with Crippen molar-refractivity contribution in [3.05, 3.63) is 57.7 Å². The number of aromatic nitrogens is 2. The fourth-order valence-corrected chi connectivity index (χ4v) is 3.35. The number of hydrogen-bond acceptors (Lipinski definition) is 3. The molecule has 1 N–H and O–H groups in total. The van der Waals surface area contributed by atoms with Crippen LogP contribution in [0, 0.1) is 3.57 Å². The van der Waals surface area contributed by atoms with Gasteiger partial charge in [-0.1, -0.05) is 24.3 Å². The number of nitrogens with one attached hydrogen (secondary N) is 1. The number of fused-ring (bicyclic) bond motifs is 1. The molecule has 4 nitrogen and oxygen atoms in total. The van der Waals surface area contributed by atoms with Crippen LogP contribution < -0.4 is 10.1 Å². The predicted molar refractivity (Wildman–Crippen MR) is 100 cm³/mol. The highest BCUT2D eigenvalue weighted by molar-refractivity contribution is 14.1. The van der Waals surface area contributed by atoms with Crippen molar-refractivity contribution in [1.29, 1.82) is 0 Å². The quantitative estimate of drug-likeness (QED) is 0.652. The minimum Gasteiger partial charge on any atom is -0.494 e. The van der Waals surface area contributed by atoms with Gasteiger partial charge in [-0.15, -0.1) is 0 Å². The first-order chi connectivity index (χ1) is 11.3. The smallest absolute Gasteiger partial charge is 0.144 e. The van der Waals surface area contributed by atoms with Gasteiger partial charge in [0.05, 0.1) is 12.8 Å². The summed E-state index contributed by atoms with van der Waals surface area (Å²) in [5.41, 5.74) is 4.43. The molecular formula is C18H16IN3O. The number of para-hydroxylation sites is 2. The van der Waals surface area contributed by atoms with E-state index in [-0.39, 0.29) is 0 Å². The molecule has 0 radical (unpaired) electrons. The number of anilines is 1. The van der Waals surface area contributed by atoms with Gasteiger partial charge in [-0.2, -0.15) is 5.10 Å². The first-order valence-corrected chi connectivity index (χ1v) is 8.61. The van der Waals surface area contributed by atoms with Crippen molar-refractivity contribution in [3.63, 3.8) is 0 Å². The minimum atomic E-state index is 0.820. The molecule has 0 saturated carbocycles. The highest BCUT2D eigenvalue weighted by Gasteiger charge is 2.24. The molecule has 1 aromatic heterocycles. The Morgan fingerprint density at radius 3 is 2.70 bits per heavy atom. The second kappa shape index (κ2) is 5.88. The van der Waals surface area contributed by atoms with Crippen LogP contribution in [0.15, 0.2) is 48.5 Å². The van der Waals surface area contributed by atoms with Crippen LogP contribution in [0.2, 0.25) is 0 Å². The Morgan fingerprint density at radius 1 is 1.13 bits per heavy atom. The van der Waals surface area contributed by atoms with E-state index in [1.807, 2.05) is 28.9 Å². The van der Waals surface area contributed by atoms with Crippen LogP contribution in [0.5, 0.6) is 5.75 Å². The molecule has 116 valence electrons. The zero-order valence-electron chi connectivity index (χ0n) is 12.7. The number of benzene rings is 2. The Balaban J connectivity index is 1.90. The zero-order valence-corrected chi connectivity index (χ0v) is 14.9. The lowest BCUT2D eigenvalue weighted by molar-refractivity contribution is 0.412. The van der Waals surface area contributed by atoms with Crippen molar-refractivity contribution in [1.82, 2.24) is 9.78 Å². The molecule has 2 heterocycles. The van der Waals surface area contributed by atoms with Gasteiger partial charge in [0, 0.05) is 21.2 Å².